The van der Waals surface area contributed by atoms with Crippen LogP contribution < -0.4 is 0 Å². The highest BCUT2D eigenvalue weighted by atomic mass is 16.3. The van der Waals surface area contributed by atoms with Crippen molar-refractivity contribution in [2.24, 2.45) is 0 Å². The molecule has 3 heteroatoms. The summed E-state index contributed by atoms with van der Waals surface area (Å²) in [6, 6.07) is 10.4. The van der Waals surface area contributed by atoms with Gasteiger partial charge in [-0.25, -0.2) is 0 Å². The molecule has 18 heavy (non-hydrogen) atoms. The van der Waals surface area contributed by atoms with Crippen molar-refractivity contribution in [2.45, 2.75) is 26.2 Å². The van der Waals surface area contributed by atoms with Gasteiger partial charge in [0.2, 0.25) is 0 Å². The van der Waals surface area contributed by atoms with Crippen LogP contribution >= 0.6 is 0 Å². The number of rotatable bonds is 3. The lowest BCUT2D eigenvalue weighted by Gasteiger charge is -2.14. The van der Waals surface area contributed by atoms with E-state index in [0.29, 0.717) is 0 Å². The molecule has 0 fully saturated rings. The quantitative estimate of drug-likeness (QED) is 0.892. The maximum absolute atomic E-state index is 9.15. The molecule has 3 rings (SSSR count). The molecule has 1 aliphatic heterocycles. The highest BCUT2D eigenvalue weighted by molar-refractivity contribution is 5.34. The molecule has 0 saturated carbocycles. The fraction of sp³-hybridized carbons (Fsp3) is 0.267. The zero-order valence-corrected chi connectivity index (χ0v) is 10.2. The topological polar surface area (TPSA) is 36.4 Å². The van der Waals surface area contributed by atoms with Crippen molar-refractivity contribution in [1.29, 1.82) is 0 Å². The summed E-state index contributed by atoms with van der Waals surface area (Å²) in [5, 5.41) is 9.15. The third kappa shape index (κ3) is 2.28. The van der Waals surface area contributed by atoms with Crippen molar-refractivity contribution < 1.29 is 5.11 Å². The molecule has 1 aliphatic rings. The lowest BCUT2D eigenvalue weighted by Crippen LogP contribution is -2.15. The van der Waals surface area contributed by atoms with Gasteiger partial charge in [-0.2, -0.15) is 0 Å². The molecule has 1 N–H and O–H groups in total. The summed E-state index contributed by atoms with van der Waals surface area (Å²) < 4.78 is 0. The lowest BCUT2D eigenvalue weighted by atomic mass is 10.1. The zero-order chi connectivity index (χ0) is 12.4. The molecule has 0 unspecified atom stereocenters. The van der Waals surface area contributed by atoms with E-state index in [4.69, 9.17) is 5.11 Å². The van der Waals surface area contributed by atoms with Crippen LogP contribution in [-0.4, -0.2) is 15.0 Å². The minimum absolute atomic E-state index is 0.123. The third-order valence-electron chi connectivity index (χ3n) is 3.40. The fourth-order valence-electron chi connectivity index (χ4n) is 2.47. The molecule has 0 radical (unpaired) electrons. The van der Waals surface area contributed by atoms with Gasteiger partial charge in [0.15, 0.2) is 0 Å². The number of fused-ring (bicyclic) bond motifs is 1. The highest BCUT2D eigenvalue weighted by Gasteiger charge is 2.18. The number of benzene rings is 1. The lowest BCUT2D eigenvalue weighted by molar-refractivity contribution is 0.274. The van der Waals surface area contributed by atoms with Crippen LogP contribution in [0.3, 0.4) is 0 Å². The monoisotopic (exact) mass is 240 g/mol. The van der Waals surface area contributed by atoms with Crippen LogP contribution in [0.2, 0.25) is 0 Å². The second-order valence-electron chi connectivity index (χ2n) is 4.76. The van der Waals surface area contributed by atoms with Crippen molar-refractivity contribution >= 4 is 0 Å². The molecule has 0 amide bonds. The van der Waals surface area contributed by atoms with E-state index in [1.54, 1.807) is 0 Å². The Labute approximate surface area is 107 Å². The van der Waals surface area contributed by atoms with E-state index in [2.05, 4.69) is 34.1 Å². The van der Waals surface area contributed by atoms with Gasteiger partial charge >= 0.3 is 0 Å². The number of aliphatic hydroxyl groups excluding tert-OH is 1. The predicted molar refractivity (Wildman–Crippen MR) is 69.6 cm³/mol. The van der Waals surface area contributed by atoms with E-state index in [1.165, 1.54) is 16.7 Å². The molecule has 2 aromatic rings. The van der Waals surface area contributed by atoms with Gasteiger partial charge in [0.25, 0.3) is 0 Å². The minimum Gasteiger partial charge on any atom is -0.392 e. The van der Waals surface area contributed by atoms with Crippen molar-refractivity contribution in [1.82, 2.24) is 9.88 Å². The van der Waals surface area contributed by atoms with Crippen LogP contribution in [0.15, 0.2) is 42.7 Å². The van der Waals surface area contributed by atoms with Gasteiger partial charge in [-0.3, -0.25) is 9.88 Å². The summed E-state index contributed by atoms with van der Waals surface area (Å²) in [6.45, 7) is 3.03. The molecule has 0 aliphatic carbocycles. The summed E-state index contributed by atoms with van der Waals surface area (Å²) in [4.78, 5) is 6.44. The van der Waals surface area contributed by atoms with Crippen molar-refractivity contribution in [3.8, 4) is 0 Å². The molecular formula is C15H16N2O. The van der Waals surface area contributed by atoms with Crippen LogP contribution in [0.25, 0.3) is 0 Å². The Morgan fingerprint density at radius 2 is 1.78 bits per heavy atom. The highest BCUT2D eigenvalue weighted by Crippen LogP contribution is 2.25. The predicted octanol–water partition coefficient (Wildman–Crippen LogP) is 2.09. The first-order valence-electron chi connectivity index (χ1n) is 6.18. The first-order valence-corrected chi connectivity index (χ1v) is 6.18. The minimum atomic E-state index is 0.123. The third-order valence-corrected chi connectivity index (χ3v) is 3.40. The van der Waals surface area contributed by atoms with E-state index in [-0.39, 0.29) is 6.61 Å². The maximum atomic E-state index is 9.15. The summed E-state index contributed by atoms with van der Waals surface area (Å²) in [5.74, 6) is 0. The summed E-state index contributed by atoms with van der Waals surface area (Å²) in [7, 11) is 0. The van der Waals surface area contributed by atoms with Gasteiger partial charge in [-0.1, -0.05) is 18.2 Å². The van der Waals surface area contributed by atoms with Gasteiger partial charge in [-0.05, 0) is 34.4 Å². The van der Waals surface area contributed by atoms with Crippen LogP contribution in [0, 0.1) is 0 Å². The first-order chi connectivity index (χ1) is 8.85. The fourth-order valence-corrected chi connectivity index (χ4v) is 2.47. The van der Waals surface area contributed by atoms with Gasteiger partial charge in [0.1, 0.15) is 0 Å². The van der Waals surface area contributed by atoms with E-state index < -0.39 is 0 Å². The number of nitrogens with zero attached hydrogens (tertiary/aromatic N) is 2. The van der Waals surface area contributed by atoms with Crippen LogP contribution in [0.4, 0.5) is 0 Å². The second kappa shape index (κ2) is 4.88. The molecule has 1 aromatic heterocycles. The summed E-state index contributed by atoms with van der Waals surface area (Å²) >= 11 is 0. The Morgan fingerprint density at radius 1 is 1.00 bits per heavy atom. The Balaban J connectivity index is 1.73. The number of hydrogen-bond donors (Lipinski definition) is 1. The number of aliphatic hydroxyl groups is 1. The van der Waals surface area contributed by atoms with Gasteiger partial charge < -0.3 is 5.11 Å². The van der Waals surface area contributed by atoms with Crippen molar-refractivity contribution in [3.63, 3.8) is 0 Å². The molecule has 0 atom stereocenters. The van der Waals surface area contributed by atoms with Gasteiger partial charge in [0.05, 0.1) is 6.61 Å². The standard InChI is InChI=1S/C15H16N2O/c18-11-13-1-2-14-9-17(10-15(14)7-13)8-12-3-5-16-6-4-12/h1-7,18H,8-11H2. The van der Waals surface area contributed by atoms with Crippen molar-refractivity contribution in [3.05, 3.63) is 65.0 Å². The summed E-state index contributed by atoms with van der Waals surface area (Å²) in [6.07, 6.45) is 3.67. The Kier molecular flexibility index (Phi) is 3.09. The Morgan fingerprint density at radius 3 is 2.56 bits per heavy atom. The van der Waals surface area contributed by atoms with Crippen molar-refractivity contribution in [2.75, 3.05) is 0 Å². The Bertz CT molecular complexity index is 539. The first kappa shape index (κ1) is 11.4. The largest absolute Gasteiger partial charge is 0.392 e. The van der Waals surface area contributed by atoms with Gasteiger partial charge in [0, 0.05) is 32.0 Å². The van der Waals surface area contributed by atoms with E-state index in [1.807, 2.05) is 18.5 Å². The number of pyridine rings is 1. The zero-order valence-electron chi connectivity index (χ0n) is 10.2. The average Bonchev–Trinajstić information content (AvgIpc) is 2.80. The molecular weight excluding hydrogens is 224 g/mol. The summed E-state index contributed by atoms with van der Waals surface area (Å²) in [5.41, 5.74) is 5.01. The number of aromatic nitrogens is 1. The van der Waals surface area contributed by atoms with Crippen LogP contribution in [-0.2, 0) is 26.2 Å². The second-order valence-corrected chi connectivity index (χ2v) is 4.76. The van der Waals surface area contributed by atoms with E-state index >= 15 is 0 Å². The molecule has 92 valence electrons. The van der Waals surface area contributed by atoms with Crippen LogP contribution in [0.5, 0.6) is 0 Å². The molecule has 1 aromatic carbocycles. The smallest absolute Gasteiger partial charge is 0.0681 e. The van der Waals surface area contributed by atoms with Crippen LogP contribution in [0.1, 0.15) is 22.3 Å². The molecule has 0 saturated heterocycles. The number of hydrogen-bond acceptors (Lipinski definition) is 3. The normalized spacial score (nSPS) is 14.7. The molecule has 2 heterocycles. The molecule has 3 nitrogen and oxygen atoms in total. The average molecular weight is 240 g/mol. The Hall–Kier alpha value is -1.71. The molecule has 0 bridgehead atoms. The maximum Gasteiger partial charge on any atom is 0.0681 e. The van der Waals surface area contributed by atoms with Gasteiger partial charge in [-0.15, -0.1) is 0 Å². The molecule has 0 spiro atoms. The SMILES string of the molecule is OCc1ccc2c(c1)CN(Cc1ccncc1)C2. The van der Waals surface area contributed by atoms with E-state index in [0.717, 1.165) is 25.2 Å². The van der Waals surface area contributed by atoms with E-state index in [9.17, 15) is 0 Å².